The van der Waals surface area contributed by atoms with Crippen LogP contribution in [0, 0.1) is 23.5 Å². The third-order valence-corrected chi connectivity index (χ3v) is 4.31. The molecule has 2 unspecified atom stereocenters. The van der Waals surface area contributed by atoms with Crippen molar-refractivity contribution in [1.82, 2.24) is 0 Å². The number of benzene rings is 2. The highest BCUT2D eigenvalue weighted by Gasteiger charge is 2.48. The van der Waals surface area contributed by atoms with Gasteiger partial charge in [0.05, 0.1) is 24.0 Å². The fourth-order valence-electron chi connectivity index (χ4n) is 2.72. The van der Waals surface area contributed by atoms with Gasteiger partial charge in [0.1, 0.15) is 0 Å². The van der Waals surface area contributed by atoms with Gasteiger partial charge in [0.2, 0.25) is 11.8 Å². The van der Waals surface area contributed by atoms with Crippen LogP contribution in [0.4, 0.5) is 20.2 Å². The lowest BCUT2D eigenvalue weighted by atomic mass is 10.2. The lowest BCUT2D eigenvalue weighted by molar-refractivity contribution is -0.122. The van der Waals surface area contributed by atoms with Crippen molar-refractivity contribution in [2.24, 2.45) is 11.8 Å². The molecule has 0 radical (unpaired) electrons. The smallest absolute Gasteiger partial charge is 0.338 e. The Morgan fingerprint density at radius 2 is 1.50 bits per heavy atom. The Bertz CT molecular complexity index is 915. The van der Waals surface area contributed by atoms with E-state index in [2.05, 4.69) is 10.6 Å². The molecule has 1 aliphatic rings. The second-order valence-corrected chi connectivity index (χ2v) is 6.35. The number of anilines is 2. The minimum absolute atomic E-state index is 0.129. The second-order valence-electron chi connectivity index (χ2n) is 6.35. The third kappa shape index (κ3) is 4.51. The van der Waals surface area contributed by atoms with Gasteiger partial charge in [-0.25, -0.2) is 13.6 Å². The second kappa shape index (κ2) is 8.16. The van der Waals surface area contributed by atoms with Crippen molar-refractivity contribution in [1.29, 1.82) is 0 Å². The monoisotopic (exact) mass is 388 g/mol. The Balaban J connectivity index is 1.53. The standard InChI is InChI=1S/C20H18F2N2O4/c1-2-28-20(27)11-3-5-12(6-4-11)23-18(25)14-10-15(14)19(26)24-13-7-8-16(21)17(22)9-13/h3-9,14-15H,2,10H2,1H3,(H,23,25)(H,24,26). The Kier molecular flexibility index (Phi) is 5.67. The van der Waals surface area contributed by atoms with Crippen molar-refractivity contribution in [3.05, 3.63) is 59.7 Å². The summed E-state index contributed by atoms with van der Waals surface area (Å²) in [6.07, 6.45) is 0.363. The van der Waals surface area contributed by atoms with Crippen molar-refractivity contribution < 1.29 is 27.9 Å². The first kappa shape index (κ1) is 19.5. The van der Waals surface area contributed by atoms with Gasteiger partial charge in [0.25, 0.3) is 0 Å². The minimum atomic E-state index is -1.06. The van der Waals surface area contributed by atoms with Crippen LogP contribution in [0.25, 0.3) is 0 Å². The van der Waals surface area contributed by atoms with Gasteiger partial charge in [-0.1, -0.05) is 0 Å². The number of hydrogen-bond donors (Lipinski definition) is 2. The molecule has 0 saturated heterocycles. The summed E-state index contributed by atoms with van der Waals surface area (Å²) in [6.45, 7) is 1.98. The normalized spacial score (nSPS) is 17.5. The number of ether oxygens (including phenoxy) is 1. The van der Waals surface area contributed by atoms with Gasteiger partial charge in [-0.15, -0.1) is 0 Å². The Morgan fingerprint density at radius 1 is 0.929 bits per heavy atom. The molecule has 0 heterocycles. The fraction of sp³-hybridized carbons (Fsp3) is 0.250. The topological polar surface area (TPSA) is 84.5 Å². The first-order valence-corrected chi connectivity index (χ1v) is 8.73. The molecule has 1 aliphatic carbocycles. The summed E-state index contributed by atoms with van der Waals surface area (Å²) in [5.41, 5.74) is 0.990. The molecule has 3 rings (SSSR count). The molecule has 146 valence electrons. The number of halogens is 2. The lowest BCUT2D eigenvalue weighted by Crippen LogP contribution is -2.20. The van der Waals surface area contributed by atoms with Crippen molar-refractivity contribution >= 4 is 29.2 Å². The van der Waals surface area contributed by atoms with Crippen LogP contribution in [0.5, 0.6) is 0 Å². The molecule has 0 spiro atoms. The third-order valence-electron chi connectivity index (χ3n) is 4.31. The average molecular weight is 388 g/mol. The van der Waals surface area contributed by atoms with Crippen LogP contribution in [0.3, 0.4) is 0 Å². The molecular weight excluding hydrogens is 370 g/mol. The molecule has 2 aromatic carbocycles. The van der Waals surface area contributed by atoms with Crippen molar-refractivity contribution in [2.75, 3.05) is 17.2 Å². The van der Waals surface area contributed by atoms with Crippen molar-refractivity contribution in [2.45, 2.75) is 13.3 Å². The lowest BCUT2D eigenvalue weighted by Gasteiger charge is -2.07. The molecule has 2 atom stereocenters. The van der Waals surface area contributed by atoms with E-state index < -0.39 is 35.3 Å². The summed E-state index contributed by atoms with van der Waals surface area (Å²) in [7, 11) is 0. The number of carbonyl (C=O) groups excluding carboxylic acids is 3. The van der Waals surface area contributed by atoms with Crippen LogP contribution >= 0.6 is 0 Å². The van der Waals surface area contributed by atoms with Crippen LogP contribution in [0.15, 0.2) is 42.5 Å². The molecule has 0 aliphatic heterocycles. The van der Waals surface area contributed by atoms with E-state index in [1.54, 1.807) is 19.1 Å². The summed E-state index contributed by atoms with van der Waals surface area (Å²) in [6, 6.07) is 9.27. The maximum absolute atomic E-state index is 13.2. The van der Waals surface area contributed by atoms with E-state index in [1.807, 2.05) is 0 Å². The molecule has 28 heavy (non-hydrogen) atoms. The Morgan fingerprint density at radius 3 is 2.07 bits per heavy atom. The quantitative estimate of drug-likeness (QED) is 0.744. The summed E-state index contributed by atoms with van der Waals surface area (Å²) < 4.78 is 31.0. The maximum atomic E-state index is 13.2. The van der Waals surface area contributed by atoms with Crippen molar-refractivity contribution in [3.8, 4) is 0 Å². The van der Waals surface area contributed by atoms with Gasteiger partial charge in [-0.2, -0.15) is 0 Å². The van der Waals surface area contributed by atoms with Gasteiger partial charge >= 0.3 is 5.97 Å². The average Bonchev–Trinajstić information content (AvgIpc) is 3.47. The van der Waals surface area contributed by atoms with Crippen LogP contribution in [0.2, 0.25) is 0 Å². The molecule has 6 nitrogen and oxygen atoms in total. The Labute approximate surface area is 159 Å². The van der Waals surface area contributed by atoms with E-state index >= 15 is 0 Å². The van der Waals surface area contributed by atoms with Crippen LogP contribution < -0.4 is 10.6 Å². The van der Waals surface area contributed by atoms with Gasteiger partial charge in [0, 0.05) is 17.4 Å². The molecule has 8 heteroatoms. The molecular formula is C20H18F2N2O4. The highest BCUT2D eigenvalue weighted by atomic mass is 19.2. The van der Waals surface area contributed by atoms with Gasteiger partial charge in [-0.05, 0) is 49.7 Å². The summed E-state index contributed by atoms with van der Waals surface area (Å²) in [5.74, 6) is -4.30. The molecule has 0 aromatic heterocycles. The maximum Gasteiger partial charge on any atom is 0.338 e. The predicted molar refractivity (Wildman–Crippen MR) is 97.6 cm³/mol. The Hall–Kier alpha value is -3.29. The number of carbonyl (C=O) groups is 3. The summed E-state index contributed by atoms with van der Waals surface area (Å²) in [4.78, 5) is 36.0. The fourth-order valence-corrected chi connectivity index (χ4v) is 2.72. The molecule has 2 aromatic rings. The highest BCUT2D eigenvalue weighted by molar-refractivity contribution is 6.03. The van der Waals surface area contributed by atoms with Gasteiger partial charge < -0.3 is 15.4 Å². The van der Waals surface area contributed by atoms with E-state index in [1.165, 1.54) is 18.2 Å². The van der Waals surface area contributed by atoms with Crippen LogP contribution in [-0.4, -0.2) is 24.4 Å². The van der Waals surface area contributed by atoms with E-state index in [9.17, 15) is 23.2 Å². The zero-order chi connectivity index (χ0) is 20.3. The van der Waals surface area contributed by atoms with Crippen LogP contribution in [-0.2, 0) is 14.3 Å². The number of rotatable bonds is 6. The SMILES string of the molecule is CCOC(=O)c1ccc(NC(=O)C2CC2C(=O)Nc2ccc(F)c(F)c2)cc1. The zero-order valence-electron chi connectivity index (χ0n) is 15.0. The van der Waals surface area contributed by atoms with E-state index in [0.29, 0.717) is 17.7 Å². The largest absolute Gasteiger partial charge is 0.462 e. The van der Waals surface area contributed by atoms with Gasteiger partial charge in [-0.3, -0.25) is 9.59 Å². The number of hydrogen-bond acceptors (Lipinski definition) is 4. The summed E-state index contributed by atoms with van der Waals surface area (Å²) in [5, 5.41) is 5.16. The zero-order valence-corrected chi connectivity index (χ0v) is 15.0. The predicted octanol–water partition coefficient (Wildman–Crippen LogP) is 3.35. The van der Waals surface area contributed by atoms with Crippen LogP contribution in [0.1, 0.15) is 23.7 Å². The number of esters is 1. The molecule has 0 bridgehead atoms. The highest BCUT2D eigenvalue weighted by Crippen LogP contribution is 2.40. The number of nitrogens with one attached hydrogen (secondary N) is 2. The molecule has 1 saturated carbocycles. The molecule has 2 amide bonds. The van der Waals surface area contributed by atoms with Crippen molar-refractivity contribution in [3.63, 3.8) is 0 Å². The summed E-state index contributed by atoms with van der Waals surface area (Å²) >= 11 is 0. The number of amides is 2. The van der Waals surface area contributed by atoms with E-state index in [4.69, 9.17) is 4.74 Å². The minimum Gasteiger partial charge on any atom is -0.462 e. The van der Waals surface area contributed by atoms with E-state index in [-0.39, 0.29) is 18.2 Å². The van der Waals surface area contributed by atoms with E-state index in [0.717, 1.165) is 12.1 Å². The molecule has 2 N–H and O–H groups in total. The molecule has 1 fully saturated rings. The van der Waals surface area contributed by atoms with Gasteiger partial charge in [0.15, 0.2) is 11.6 Å². The first-order valence-electron chi connectivity index (χ1n) is 8.73. The first-order chi connectivity index (χ1) is 13.4.